The number of amides is 2. The van der Waals surface area contributed by atoms with Gasteiger partial charge in [0.2, 0.25) is 0 Å². The molecule has 2 heterocycles. The fourth-order valence-electron chi connectivity index (χ4n) is 4.03. The average Bonchev–Trinajstić information content (AvgIpc) is 3.38. The Kier molecular flexibility index (Phi) is 5.98. The molecule has 6 nitrogen and oxygen atoms in total. The van der Waals surface area contributed by atoms with E-state index in [0.29, 0.717) is 35.2 Å². The molecule has 0 saturated carbocycles. The molecule has 1 fully saturated rings. The van der Waals surface area contributed by atoms with Gasteiger partial charge in [-0.1, -0.05) is 38.1 Å². The molecule has 1 saturated heterocycles. The summed E-state index contributed by atoms with van der Waals surface area (Å²) in [5.74, 6) is 1.04. The maximum Gasteiger partial charge on any atom is 0.282 e. The summed E-state index contributed by atoms with van der Waals surface area (Å²) in [5.41, 5.74) is 2.09. The Morgan fingerprint density at radius 3 is 2.26 bits per heavy atom. The molecule has 2 aromatic rings. The van der Waals surface area contributed by atoms with Crippen molar-refractivity contribution in [3.63, 3.8) is 0 Å². The van der Waals surface area contributed by atoms with Gasteiger partial charge in [0, 0.05) is 13.1 Å². The number of carbonyl (C=O) groups excluding carboxylic acids is 2. The third-order valence-corrected chi connectivity index (χ3v) is 5.53. The Hall–Kier alpha value is -3.28. The van der Waals surface area contributed by atoms with Gasteiger partial charge >= 0.3 is 0 Å². The number of rotatable bonds is 7. The van der Waals surface area contributed by atoms with Crippen molar-refractivity contribution in [2.45, 2.75) is 26.7 Å². The van der Waals surface area contributed by atoms with Crippen molar-refractivity contribution in [3.05, 3.63) is 59.8 Å². The molecule has 0 bridgehead atoms. The molecule has 4 rings (SSSR count). The lowest BCUT2D eigenvalue weighted by molar-refractivity contribution is -0.120. The molecule has 0 N–H and O–H groups in total. The summed E-state index contributed by atoms with van der Waals surface area (Å²) in [6.07, 6.45) is 2.02. The number of para-hydroxylation sites is 2. The van der Waals surface area contributed by atoms with Gasteiger partial charge in [0.1, 0.15) is 17.2 Å². The number of hydrogen-bond acceptors (Lipinski definition) is 5. The van der Waals surface area contributed by atoms with Crippen LogP contribution in [0.5, 0.6) is 11.5 Å². The van der Waals surface area contributed by atoms with E-state index < -0.39 is 0 Å². The van der Waals surface area contributed by atoms with Crippen molar-refractivity contribution in [1.82, 2.24) is 4.90 Å². The van der Waals surface area contributed by atoms with Gasteiger partial charge in [0.25, 0.3) is 11.8 Å². The van der Waals surface area contributed by atoms with Gasteiger partial charge in [-0.3, -0.25) is 9.59 Å². The zero-order valence-corrected chi connectivity index (χ0v) is 18.3. The first-order valence-corrected chi connectivity index (χ1v) is 10.8. The van der Waals surface area contributed by atoms with Gasteiger partial charge in [-0.15, -0.1) is 0 Å². The molecule has 162 valence electrons. The molecule has 0 unspecified atom stereocenters. The van der Waals surface area contributed by atoms with Crippen LogP contribution >= 0.6 is 0 Å². The van der Waals surface area contributed by atoms with Gasteiger partial charge in [0.05, 0.1) is 25.0 Å². The van der Waals surface area contributed by atoms with Gasteiger partial charge in [0.15, 0.2) is 0 Å². The number of anilines is 1. The Morgan fingerprint density at radius 1 is 0.935 bits per heavy atom. The summed E-state index contributed by atoms with van der Waals surface area (Å²) in [7, 11) is 1.54. The lowest BCUT2D eigenvalue weighted by atomic mass is 10.0. The predicted molar refractivity (Wildman–Crippen MR) is 120 cm³/mol. The van der Waals surface area contributed by atoms with E-state index in [1.54, 1.807) is 18.2 Å². The summed E-state index contributed by atoms with van der Waals surface area (Å²) in [5, 5.41) is 0. The van der Waals surface area contributed by atoms with Gasteiger partial charge in [-0.2, -0.15) is 0 Å². The summed E-state index contributed by atoms with van der Waals surface area (Å²) in [4.78, 5) is 30.4. The fourth-order valence-corrected chi connectivity index (χ4v) is 4.03. The summed E-state index contributed by atoms with van der Waals surface area (Å²) < 4.78 is 11.2. The van der Waals surface area contributed by atoms with Crippen molar-refractivity contribution < 1.29 is 19.1 Å². The van der Waals surface area contributed by atoms with Crippen LogP contribution in [-0.2, 0) is 9.59 Å². The van der Waals surface area contributed by atoms with Crippen LogP contribution in [0.15, 0.2) is 54.2 Å². The second kappa shape index (κ2) is 8.84. The lowest BCUT2D eigenvalue weighted by Crippen LogP contribution is -2.34. The maximum atomic E-state index is 13.6. The maximum absolute atomic E-state index is 13.6. The SMILES string of the molecule is COc1ccccc1N1C(=O)C(c2ccc(OCC(C)C)cc2)=C(N2CCCC2)C1=O. The number of ether oxygens (including phenoxy) is 2. The van der Waals surface area contributed by atoms with E-state index in [4.69, 9.17) is 9.47 Å². The molecule has 2 aliphatic rings. The van der Waals surface area contributed by atoms with Crippen LogP contribution in [0.2, 0.25) is 0 Å². The Bertz CT molecular complexity index is 1000. The van der Waals surface area contributed by atoms with Crippen LogP contribution < -0.4 is 14.4 Å². The van der Waals surface area contributed by atoms with E-state index in [-0.39, 0.29) is 11.8 Å². The number of hydrogen-bond donors (Lipinski definition) is 0. The first-order valence-electron chi connectivity index (χ1n) is 10.8. The average molecular weight is 421 g/mol. The highest BCUT2D eigenvalue weighted by Gasteiger charge is 2.43. The van der Waals surface area contributed by atoms with Gasteiger partial charge in [-0.05, 0) is 48.6 Å². The number of likely N-dealkylation sites (tertiary alicyclic amines) is 1. The normalized spacial score (nSPS) is 16.6. The highest BCUT2D eigenvalue weighted by Crippen LogP contribution is 2.39. The van der Waals surface area contributed by atoms with Crippen LogP contribution in [-0.4, -0.2) is 43.5 Å². The molecule has 0 radical (unpaired) electrons. The second-order valence-corrected chi connectivity index (χ2v) is 8.26. The molecule has 2 aliphatic heterocycles. The molecular weight excluding hydrogens is 392 g/mol. The zero-order valence-electron chi connectivity index (χ0n) is 18.3. The van der Waals surface area contributed by atoms with Crippen molar-refractivity contribution >= 4 is 23.1 Å². The minimum Gasteiger partial charge on any atom is -0.495 e. The smallest absolute Gasteiger partial charge is 0.282 e. The lowest BCUT2D eigenvalue weighted by Gasteiger charge is -2.21. The number of benzene rings is 2. The molecule has 2 amide bonds. The van der Waals surface area contributed by atoms with Crippen LogP contribution in [0.3, 0.4) is 0 Å². The highest BCUT2D eigenvalue weighted by atomic mass is 16.5. The van der Waals surface area contributed by atoms with Crippen molar-refractivity contribution in [3.8, 4) is 11.5 Å². The summed E-state index contributed by atoms with van der Waals surface area (Å²) in [6, 6.07) is 14.5. The number of carbonyl (C=O) groups is 2. The number of nitrogens with zero attached hydrogens (tertiary/aromatic N) is 2. The monoisotopic (exact) mass is 420 g/mol. The minimum absolute atomic E-state index is 0.300. The molecule has 0 atom stereocenters. The number of imide groups is 1. The molecular formula is C25H28N2O4. The van der Waals surface area contributed by atoms with E-state index in [1.807, 2.05) is 35.2 Å². The topological polar surface area (TPSA) is 59.1 Å². The Morgan fingerprint density at radius 2 is 1.61 bits per heavy atom. The fraction of sp³-hybridized carbons (Fsp3) is 0.360. The molecule has 6 heteroatoms. The van der Waals surface area contributed by atoms with Crippen molar-refractivity contribution in [2.24, 2.45) is 5.92 Å². The first kappa shape index (κ1) is 21.0. The van der Waals surface area contributed by atoms with Gasteiger partial charge < -0.3 is 14.4 Å². The van der Waals surface area contributed by atoms with E-state index in [0.717, 1.165) is 37.2 Å². The minimum atomic E-state index is -0.327. The van der Waals surface area contributed by atoms with Crippen LogP contribution in [0.25, 0.3) is 5.57 Å². The molecule has 2 aromatic carbocycles. The molecule has 0 spiro atoms. The Labute approximate surface area is 183 Å². The second-order valence-electron chi connectivity index (χ2n) is 8.26. The van der Waals surface area contributed by atoms with Crippen LogP contribution in [0.4, 0.5) is 5.69 Å². The van der Waals surface area contributed by atoms with Crippen LogP contribution in [0.1, 0.15) is 32.3 Å². The first-order chi connectivity index (χ1) is 15.0. The molecule has 31 heavy (non-hydrogen) atoms. The standard InChI is InChI=1S/C25H28N2O4/c1-17(2)16-31-19-12-10-18(11-13-19)22-23(26-14-6-7-15-26)25(29)27(24(22)28)20-8-4-5-9-21(20)30-3/h4-5,8-13,17H,6-7,14-16H2,1-3H3. The van der Waals surface area contributed by atoms with E-state index in [2.05, 4.69) is 13.8 Å². The molecule has 0 aromatic heterocycles. The largest absolute Gasteiger partial charge is 0.495 e. The zero-order chi connectivity index (χ0) is 22.0. The predicted octanol–water partition coefficient (Wildman–Crippen LogP) is 4.11. The highest BCUT2D eigenvalue weighted by molar-refractivity contribution is 6.45. The van der Waals surface area contributed by atoms with Crippen molar-refractivity contribution in [1.29, 1.82) is 0 Å². The van der Waals surface area contributed by atoms with Crippen LogP contribution in [0, 0.1) is 5.92 Å². The van der Waals surface area contributed by atoms with Gasteiger partial charge in [-0.25, -0.2) is 4.90 Å². The van der Waals surface area contributed by atoms with E-state index in [9.17, 15) is 9.59 Å². The number of methoxy groups -OCH3 is 1. The third kappa shape index (κ3) is 4.02. The van der Waals surface area contributed by atoms with E-state index in [1.165, 1.54) is 12.0 Å². The molecule has 0 aliphatic carbocycles. The quantitative estimate of drug-likeness (QED) is 0.631. The van der Waals surface area contributed by atoms with Crippen molar-refractivity contribution in [2.75, 3.05) is 31.7 Å². The summed E-state index contributed by atoms with van der Waals surface area (Å²) >= 11 is 0. The Balaban J connectivity index is 1.74. The third-order valence-electron chi connectivity index (χ3n) is 5.53. The summed E-state index contributed by atoms with van der Waals surface area (Å²) in [6.45, 7) is 6.36. The van der Waals surface area contributed by atoms with E-state index >= 15 is 0 Å².